The zero-order chi connectivity index (χ0) is 14.0. The first-order valence-corrected chi connectivity index (χ1v) is 6.17. The number of nitriles is 1. The average molecular weight is 266 g/mol. The zero-order valence-corrected chi connectivity index (χ0v) is 11.0. The molecule has 1 aliphatic rings. The predicted octanol–water partition coefficient (Wildman–Crippen LogP) is 3.10. The largest absolute Gasteiger partial charge is 0.494 e. The Hall–Kier alpha value is -1.83. The van der Waals surface area contributed by atoms with Crippen LogP contribution in [0.3, 0.4) is 0 Å². The van der Waals surface area contributed by atoms with Crippen LogP contribution in [-0.4, -0.2) is 20.7 Å². The van der Waals surface area contributed by atoms with Crippen LogP contribution in [0.4, 0.5) is 14.5 Å². The first-order chi connectivity index (χ1) is 9.01. The number of anilines is 1. The number of benzene rings is 1. The van der Waals surface area contributed by atoms with E-state index < -0.39 is 17.0 Å². The summed E-state index contributed by atoms with van der Waals surface area (Å²) < 4.78 is 32.2. The van der Waals surface area contributed by atoms with Crippen molar-refractivity contribution in [3.63, 3.8) is 0 Å². The summed E-state index contributed by atoms with van der Waals surface area (Å²) in [4.78, 5) is 1.60. The lowest BCUT2D eigenvalue weighted by molar-refractivity contribution is 0.222. The molecule has 0 aliphatic heterocycles. The van der Waals surface area contributed by atoms with E-state index in [9.17, 15) is 14.0 Å². The monoisotopic (exact) mass is 266 g/mol. The summed E-state index contributed by atoms with van der Waals surface area (Å²) in [5.41, 5.74) is -0.266. The van der Waals surface area contributed by atoms with Crippen LogP contribution in [-0.2, 0) is 0 Å². The van der Waals surface area contributed by atoms with Gasteiger partial charge in [-0.05, 0) is 12.8 Å². The van der Waals surface area contributed by atoms with Crippen LogP contribution in [0.25, 0.3) is 0 Å². The molecule has 102 valence electrons. The molecule has 0 N–H and O–H groups in total. The molecule has 0 amide bonds. The number of rotatable bonds is 4. The number of ether oxygens (including phenoxy) is 1. The highest BCUT2D eigenvalue weighted by Crippen LogP contribution is 2.41. The van der Waals surface area contributed by atoms with Crippen LogP contribution in [0.2, 0.25) is 0 Å². The highest BCUT2D eigenvalue weighted by atomic mass is 19.1. The molecule has 0 unspecified atom stereocenters. The summed E-state index contributed by atoms with van der Waals surface area (Å²) in [6, 6.07) is 4.43. The highest BCUT2D eigenvalue weighted by Gasteiger charge is 2.38. The normalized spacial score (nSPS) is 16.4. The fourth-order valence-electron chi connectivity index (χ4n) is 2.42. The Balaban J connectivity index is 2.22. The second-order valence-electron chi connectivity index (χ2n) is 5.04. The molecule has 1 aromatic rings. The Morgan fingerprint density at radius 2 is 2.05 bits per heavy atom. The van der Waals surface area contributed by atoms with Gasteiger partial charge in [-0.15, -0.1) is 0 Å². The standard InChI is InChI=1S/C14H16F2N2O/c1-18(9-14(8-17)4-3-5-14)12-6-11(16)13(19-2)7-10(12)15/h6-7H,3-5,9H2,1-2H3. The van der Waals surface area contributed by atoms with Crippen molar-refractivity contribution in [1.29, 1.82) is 5.26 Å². The lowest BCUT2D eigenvalue weighted by Crippen LogP contribution is -2.40. The minimum atomic E-state index is -0.606. The summed E-state index contributed by atoms with van der Waals surface area (Å²) >= 11 is 0. The Kier molecular flexibility index (Phi) is 3.61. The summed E-state index contributed by atoms with van der Waals surface area (Å²) in [5.74, 6) is -1.27. The van der Waals surface area contributed by atoms with E-state index in [1.165, 1.54) is 7.11 Å². The molecule has 1 fully saturated rings. The summed E-state index contributed by atoms with van der Waals surface area (Å²) in [5, 5.41) is 9.17. The van der Waals surface area contributed by atoms with E-state index in [0.717, 1.165) is 31.4 Å². The molecule has 0 spiro atoms. The van der Waals surface area contributed by atoms with E-state index in [-0.39, 0.29) is 11.4 Å². The van der Waals surface area contributed by atoms with Gasteiger partial charge < -0.3 is 9.64 Å². The number of halogens is 2. The highest BCUT2D eigenvalue weighted by molar-refractivity contribution is 5.51. The number of hydrogen-bond acceptors (Lipinski definition) is 3. The molecule has 1 aliphatic carbocycles. The topological polar surface area (TPSA) is 36.3 Å². The van der Waals surface area contributed by atoms with Crippen molar-refractivity contribution >= 4 is 5.69 Å². The third-order valence-electron chi connectivity index (χ3n) is 3.72. The Bertz CT molecular complexity index is 521. The van der Waals surface area contributed by atoms with Gasteiger partial charge >= 0.3 is 0 Å². The molecule has 19 heavy (non-hydrogen) atoms. The molecule has 0 radical (unpaired) electrons. The van der Waals surface area contributed by atoms with E-state index >= 15 is 0 Å². The van der Waals surface area contributed by atoms with Gasteiger partial charge in [-0.3, -0.25) is 0 Å². The van der Waals surface area contributed by atoms with Crippen molar-refractivity contribution in [3.05, 3.63) is 23.8 Å². The second kappa shape index (κ2) is 5.04. The Morgan fingerprint density at radius 1 is 1.37 bits per heavy atom. The fourth-order valence-corrected chi connectivity index (χ4v) is 2.42. The number of nitrogens with zero attached hydrogens (tertiary/aromatic N) is 2. The molecule has 0 aromatic heterocycles. The van der Waals surface area contributed by atoms with Crippen LogP contribution in [0.5, 0.6) is 5.75 Å². The minimum absolute atomic E-state index is 0.117. The van der Waals surface area contributed by atoms with Gasteiger partial charge in [0.15, 0.2) is 11.6 Å². The van der Waals surface area contributed by atoms with Crippen molar-refractivity contribution in [2.24, 2.45) is 5.41 Å². The third kappa shape index (κ3) is 2.48. The molecular formula is C14H16F2N2O. The first-order valence-electron chi connectivity index (χ1n) is 6.17. The maximum absolute atomic E-state index is 13.9. The van der Waals surface area contributed by atoms with Gasteiger partial charge in [-0.2, -0.15) is 5.26 Å². The Labute approximate surface area is 111 Å². The smallest absolute Gasteiger partial charge is 0.167 e. The molecule has 0 bridgehead atoms. The quantitative estimate of drug-likeness (QED) is 0.840. The number of hydrogen-bond donors (Lipinski definition) is 0. The number of methoxy groups -OCH3 is 1. The maximum Gasteiger partial charge on any atom is 0.167 e. The van der Waals surface area contributed by atoms with Crippen molar-refractivity contribution in [3.8, 4) is 11.8 Å². The molecule has 1 aromatic carbocycles. The van der Waals surface area contributed by atoms with Crippen LogP contribution in [0, 0.1) is 28.4 Å². The van der Waals surface area contributed by atoms with Gasteiger partial charge in [-0.1, -0.05) is 6.42 Å². The van der Waals surface area contributed by atoms with E-state index in [1.54, 1.807) is 11.9 Å². The average Bonchev–Trinajstić information content (AvgIpc) is 2.35. The van der Waals surface area contributed by atoms with Crippen LogP contribution in [0.15, 0.2) is 12.1 Å². The molecule has 0 saturated heterocycles. The van der Waals surface area contributed by atoms with Crippen molar-refractivity contribution in [2.45, 2.75) is 19.3 Å². The molecular weight excluding hydrogens is 250 g/mol. The summed E-state index contributed by atoms with van der Waals surface area (Å²) in [7, 11) is 2.96. The van der Waals surface area contributed by atoms with Gasteiger partial charge in [0.05, 0.1) is 24.3 Å². The second-order valence-corrected chi connectivity index (χ2v) is 5.04. The minimum Gasteiger partial charge on any atom is -0.494 e. The lowest BCUT2D eigenvalue weighted by atomic mass is 9.69. The zero-order valence-electron chi connectivity index (χ0n) is 11.0. The fraction of sp³-hybridized carbons (Fsp3) is 0.500. The SMILES string of the molecule is COc1cc(F)c(N(C)CC2(C#N)CCC2)cc1F. The van der Waals surface area contributed by atoms with Crippen molar-refractivity contribution in [1.82, 2.24) is 0 Å². The lowest BCUT2D eigenvalue weighted by Gasteiger charge is -2.39. The first kappa shape index (κ1) is 13.6. The molecule has 3 nitrogen and oxygen atoms in total. The Morgan fingerprint density at radius 3 is 2.53 bits per heavy atom. The summed E-state index contributed by atoms with van der Waals surface area (Å²) in [6.45, 7) is 0.409. The van der Waals surface area contributed by atoms with Gasteiger partial charge in [-0.25, -0.2) is 8.78 Å². The van der Waals surface area contributed by atoms with Gasteiger partial charge in [0, 0.05) is 25.7 Å². The third-order valence-corrected chi connectivity index (χ3v) is 3.72. The molecule has 1 saturated carbocycles. The maximum atomic E-state index is 13.9. The molecule has 5 heteroatoms. The molecule has 0 atom stereocenters. The van der Waals surface area contributed by atoms with Gasteiger partial charge in [0.25, 0.3) is 0 Å². The van der Waals surface area contributed by atoms with E-state index in [0.29, 0.717) is 6.54 Å². The molecule has 0 heterocycles. The van der Waals surface area contributed by atoms with Crippen LogP contribution in [0.1, 0.15) is 19.3 Å². The van der Waals surface area contributed by atoms with E-state index in [4.69, 9.17) is 4.74 Å². The van der Waals surface area contributed by atoms with E-state index in [2.05, 4.69) is 6.07 Å². The summed E-state index contributed by atoms with van der Waals surface area (Å²) in [6.07, 6.45) is 2.64. The van der Waals surface area contributed by atoms with E-state index in [1.807, 2.05) is 0 Å². The van der Waals surface area contributed by atoms with Gasteiger partial charge in [0.1, 0.15) is 5.82 Å². The van der Waals surface area contributed by atoms with Gasteiger partial charge in [0.2, 0.25) is 0 Å². The predicted molar refractivity (Wildman–Crippen MR) is 68.1 cm³/mol. The van der Waals surface area contributed by atoms with Crippen molar-refractivity contribution < 1.29 is 13.5 Å². The van der Waals surface area contributed by atoms with Crippen LogP contribution >= 0.6 is 0 Å². The molecule has 2 rings (SSSR count). The van der Waals surface area contributed by atoms with Crippen LogP contribution < -0.4 is 9.64 Å². The van der Waals surface area contributed by atoms with Crippen molar-refractivity contribution in [2.75, 3.05) is 25.6 Å².